The predicted octanol–water partition coefficient (Wildman–Crippen LogP) is 6.98. The molecule has 10 atom stereocenters. The Hall–Kier alpha value is -8.56. The van der Waals surface area contributed by atoms with E-state index in [0.717, 1.165) is 18.3 Å². The number of carbonyl (C=O) groups excluding carboxylic acids is 5. The van der Waals surface area contributed by atoms with Gasteiger partial charge in [-0.05, 0) is 54.6 Å². The standard InChI is InChI=1S/C54H52N10O17P2/c1-72-82(70,73-28-14-25-55)75-31-40-39(30-43(77-40)63-27-24-42(61-54(63)69)60-49(65)35-16-6-2-7-17-35)81-83(71,74-29-15-26-56)76-32-41-45(79-52(67)37-20-10-4-11-21-37)46(80-53(68)38-22-12-5-13-23-38)51(78-41)64-34-59-44-47(57-33-58-48(44)64)62-50(66)36-18-8-3-9-19-36/h2-13,16-24,27,33-34,39-43,45-46,51H,14-15,28-32H2,1H3,(H,60,65)(H,61,69)(H,57,58,62,66)/t39-,40+,41+,42?,43+,45+,46+,51+,82?,83?/m0/s1. The second-order valence-corrected chi connectivity index (χ2v) is 21.5. The van der Waals surface area contributed by atoms with Crippen LogP contribution in [-0.2, 0) is 55.2 Å². The molecule has 0 spiro atoms. The molecule has 9 rings (SSSR count). The maximum absolute atomic E-state index is 15.2. The topological polar surface area (TPSA) is 342 Å². The van der Waals surface area contributed by atoms with Gasteiger partial charge in [-0.1, -0.05) is 72.8 Å². The molecule has 29 heteroatoms. The molecule has 2 saturated heterocycles. The van der Waals surface area contributed by atoms with E-state index in [9.17, 15) is 33.8 Å². The van der Waals surface area contributed by atoms with Gasteiger partial charge in [0.2, 0.25) is 0 Å². The van der Waals surface area contributed by atoms with Gasteiger partial charge in [0.25, 0.3) is 11.8 Å². The second kappa shape index (κ2) is 27.5. The fourth-order valence-corrected chi connectivity index (χ4v) is 11.0. The number of hydrogen-bond donors (Lipinski definition) is 3. The van der Waals surface area contributed by atoms with Gasteiger partial charge in [0.05, 0.1) is 68.9 Å². The Morgan fingerprint density at radius 1 is 0.699 bits per heavy atom. The zero-order chi connectivity index (χ0) is 58.3. The first kappa shape index (κ1) is 59.1. The Labute approximate surface area is 473 Å². The summed E-state index contributed by atoms with van der Waals surface area (Å²) >= 11 is 0. The first-order chi connectivity index (χ1) is 40.3. The largest absolute Gasteiger partial charge is 0.475 e. The Kier molecular flexibility index (Phi) is 19.6. The van der Waals surface area contributed by atoms with E-state index in [1.54, 1.807) is 97.1 Å². The summed E-state index contributed by atoms with van der Waals surface area (Å²) in [4.78, 5) is 82.4. The van der Waals surface area contributed by atoms with Gasteiger partial charge < -0.3 is 34.9 Å². The highest BCUT2D eigenvalue weighted by atomic mass is 31.2. The molecule has 0 radical (unpaired) electrons. The number of urea groups is 1. The minimum atomic E-state index is -5.04. The number of phosphoric ester groups is 2. The Morgan fingerprint density at radius 3 is 1.84 bits per heavy atom. The summed E-state index contributed by atoms with van der Waals surface area (Å²) < 4.78 is 89.2. The van der Waals surface area contributed by atoms with Crippen molar-refractivity contribution in [2.75, 3.05) is 38.9 Å². The number of amides is 4. The van der Waals surface area contributed by atoms with Crippen molar-refractivity contribution in [2.45, 2.75) is 68.4 Å². The van der Waals surface area contributed by atoms with E-state index >= 15 is 4.57 Å². The third-order valence-electron chi connectivity index (χ3n) is 12.7. The Balaban J connectivity index is 1.03. The number of rotatable bonds is 25. The molecule has 4 aromatic carbocycles. The molecule has 0 bridgehead atoms. The molecule has 83 heavy (non-hydrogen) atoms. The number of esters is 2. The predicted molar refractivity (Wildman–Crippen MR) is 287 cm³/mol. The maximum Gasteiger partial charge on any atom is 0.475 e. The van der Waals surface area contributed by atoms with E-state index in [1.165, 1.54) is 47.4 Å². The van der Waals surface area contributed by atoms with Gasteiger partial charge in [-0.2, -0.15) is 10.5 Å². The van der Waals surface area contributed by atoms with Crippen molar-refractivity contribution in [2.24, 2.45) is 0 Å². The quantitative estimate of drug-likeness (QED) is 0.0295. The highest BCUT2D eigenvalue weighted by molar-refractivity contribution is 7.48. The van der Waals surface area contributed by atoms with Crippen molar-refractivity contribution >= 4 is 62.4 Å². The maximum atomic E-state index is 15.2. The van der Waals surface area contributed by atoms with Crippen LogP contribution in [0.3, 0.4) is 0 Å². The Bertz CT molecular complexity index is 3480. The minimum absolute atomic E-state index is 0.00448. The number of nitrogens with zero attached hydrogens (tertiary/aromatic N) is 7. The smallest absolute Gasteiger partial charge is 0.452 e. The van der Waals surface area contributed by atoms with Crippen LogP contribution in [0.1, 0.15) is 66.9 Å². The lowest BCUT2D eigenvalue weighted by molar-refractivity contribution is -0.0660. The van der Waals surface area contributed by atoms with Crippen LogP contribution in [0.15, 0.2) is 146 Å². The molecule has 430 valence electrons. The lowest BCUT2D eigenvalue weighted by atomic mass is 10.1. The fourth-order valence-electron chi connectivity index (χ4n) is 8.67. The van der Waals surface area contributed by atoms with Gasteiger partial charge in [0, 0.05) is 30.9 Å². The fraction of sp³-hybridized carbons (Fsp3) is 0.296. The van der Waals surface area contributed by atoms with Crippen molar-refractivity contribution in [3.63, 3.8) is 0 Å². The van der Waals surface area contributed by atoms with Crippen LogP contribution < -0.4 is 16.0 Å². The third-order valence-corrected chi connectivity index (χ3v) is 15.6. The van der Waals surface area contributed by atoms with Gasteiger partial charge in [-0.15, -0.1) is 0 Å². The van der Waals surface area contributed by atoms with E-state index in [2.05, 4.69) is 30.9 Å². The van der Waals surface area contributed by atoms with Gasteiger partial charge in [0.15, 0.2) is 35.4 Å². The van der Waals surface area contributed by atoms with Crippen molar-refractivity contribution in [3.8, 4) is 12.1 Å². The molecule has 3 aliphatic heterocycles. The minimum Gasteiger partial charge on any atom is -0.452 e. The first-order valence-corrected chi connectivity index (χ1v) is 28.5. The number of phosphoric acid groups is 2. The SMILES string of the molecule is COP(=O)(OCCC#N)OC[C@H]1O[C@@H](N2C=CC(NC(=O)c3ccccc3)NC2=O)C[C@@H]1OP(=O)(OCCC#N)OC[C@H]1O[C@@H](n2cnc3c(NC(=O)c4ccccc4)ncnc32)[C@H](OC(=O)c2ccccc2)[C@@H]1OC(=O)c1ccccc1. The Morgan fingerprint density at radius 2 is 1.25 bits per heavy atom. The lowest BCUT2D eigenvalue weighted by Gasteiger charge is -2.31. The van der Waals surface area contributed by atoms with Gasteiger partial charge >= 0.3 is 33.6 Å². The molecule has 6 aromatic rings. The molecular weight excluding hydrogens is 1120 g/mol. The summed E-state index contributed by atoms with van der Waals surface area (Å²) in [5.41, 5.74) is 0.976. The number of nitrogens with one attached hydrogen (secondary N) is 3. The number of hydrogen-bond acceptors (Lipinski definition) is 22. The second-order valence-electron chi connectivity index (χ2n) is 18.1. The number of imidazole rings is 1. The molecule has 27 nitrogen and oxygen atoms in total. The van der Waals surface area contributed by atoms with Crippen LogP contribution in [-0.4, -0.2) is 131 Å². The summed E-state index contributed by atoms with van der Waals surface area (Å²) in [6.45, 7) is -2.38. The molecule has 0 saturated carbocycles. The monoisotopic (exact) mass is 1170 g/mol. The van der Waals surface area contributed by atoms with Crippen LogP contribution in [0.25, 0.3) is 11.2 Å². The molecule has 5 heterocycles. The van der Waals surface area contributed by atoms with E-state index in [1.807, 2.05) is 12.1 Å². The summed E-state index contributed by atoms with van der Waals surface area (Å²) in [7, 11) is -8.39. The molecule has 3 N–H and O–H groups in total. The highest BCUT2D eigenvalue weighted by Crippen LogP contribution is 2.55. The zero-order valence-electron chi connectivity index (χ0n) is 43.9. The number of aromatic nitrogens is 4. The molecule has 3 unspecified atom stereocenters. The number of nitriles is 2. The average molecular weight is 1180 g/mol. The molecular formula is C54H52N10O17P2. The molecule has 0 aliphatic carbocycles. The average Bonchev–Trinajstić information content (AvgIpc) is 3.62. The number of carbonyl (C=O) groups is 5. The van der Waals surface area contributed by atoms with E-state index < -0.39 is 114 Å². The van der Waals surface area contributed by atoms with E-state index in [-0.39, 0.29) is 54.0 Å². The van der Waals surface area contributed by atoms with Crippen molar-refractivity contribution in [3.05, 3.63) is 169 Å². The highest BCUT2D eigenvalue weighted by Gasteiger charge is 2.53. The summed E-state index contributed by atoms with van der Waals surface area (Å²) in [6, 6.07) is 35.3. The molecule has 3 aliphatic rings. The zero-order valence-corrected chi connectivity index (χ0v) is 45.7. The number of fused-ring (bicyclic) bond motifs is 1. The van der Waals surface area contributed by atoms with Crippen molar-refractivity contribution in [1.29, 1.82) is 10.5 Å². The van der Waals surface area contributed by atoms with Gasteiger partial charge in [-0.25, -0.2) is 38.5 Å². The number of benzene rings is 4. The van der Waals surface area contributed by atoms with Crippen LogP contribution >= 0.6 is 15.6 Å². The van der Waals surface area contributed by atoms with Gasteiger partial charge in [-0.3, -0.25) is 46.2 Å². The summed E-state index contributed by atoms with van der Waals surface area (Å²) in [5, 5.41) is 26.7. The van der Waals surface area contributed by atoms with E-state index in [4.69, 9.17) is 51.4 Å². The molecule has 2 aromatic heterocycles. The normalized spacial score (nSPS) is 22.5. The lowest BCUT2D eigenvalue weighted by Crippen LogP contribution is -2.55. The number of anilines is 1. The molecule has 2 fully saturated rings. The van der Waals surface area contributed by atoms with Crippen LogP contribution in [0.2, 0.25) is 0 Å². The van der Waals surface area contributed by atoms with Crippen molar-refractivity contribution < 1.29 is 79.2 Å². The van der Waals surface area contributed by atoms with E-state index in [0.29, 0.717) is 11.1 Å². The van der Waals surface area contributed by atoms with Crippen LogP contribution in [0, 0.1) is 22.7 Å². The first-order valence-electron chi connectivity index (χ1n) is 25.5. The van der Waals surface area contributed by atoms with Crippen LogP contribution in [0.5, 0.6) is 0 Å². The van der Waals surface area contributed by atoms with Gasteiger partial charge in [0.1, 0.15) is 37.0 Å². The summed E-state index contributed by atoms with van der Waals surface area (Å²) in [5.74, 6) is -2.76. The summed E-state index contributed by atoms with van der Waals surface area (Å²) in [6.07, 6.45) is -6.80. The third kappa shape index (κ3) is 14.7. The van der Waals surface area contributed by atoms with Crippen molar-refractivity contribution in [1.82, 2.24) is 35.1 Å². The molecule has 4 amide bonds. The van der Waals surface area contributed by atoms with Crippen LogP contribution in [0.4, 0.5) is 10.6 Å². The number of ether oxygens (including phenoxy) is 4.